The van der Waals surface area contributed by atoms with Crippen molar-refractivity contribution in [2.45, 2.75) is 31.7 Å². The van der Waals surface area contributed by atoms with Crippen molar-refractivity contribution in [2.75, 3.05) is 14.2 Å². The van der Waals surface area contributed by atoms with E-state index in [2.05, 4.69) is 0 Å². The average molecular weight is 235 g/mol. The van der Waals surface area contributed by atoms with Crippen molar-refractivity contribution in [3.05, 3.63) is 23.8 Å². The van der Waals surface area contributed by atoms with Gasteiger partial charge in [-0.05, 0) is 18.4 Å². The maximum atomic E-state index is 6.27. The second-order valence-electron chi connectivity index (χ2n) is 4.72. The highest BCUT2D eigenvalue weighted by Crippen LogP contribution is 2.39. The molecule has 0 aromatic heterocycles. The molecule has 3 heteroatoms. The summed E-state index contributed by atoms with van der Waals surface area (Å²) in [5.74, 6) is 2.33. The van der Waals surface area contributed by atoms with Crippen LogP contribution >= 0.6 is 0 Å². The molecule has 0 spiro atoms. The van der Waals surface area contributed by atoms with Gasteiger partial charge in [0.05, 0.1) is 14.2 Å². The van der Waals surface area contributed by atoms with Crippen molar-refractivity contribution in [3.8, 4) is 11.5 Å². The van der Waals surface area contributed by atoms with Crippen LogP contribution in [0.1, 0.15) is 37.3 Å². The number of methoxy groups -OCH3 is 2. The molecule has 0 amide bonds. The molecule has 1 aliphatic carbocycles. The lowest BCUT2D eigenvalue weighted by Crippen LogP contribution is -2.20. The first-order valence-electron chi connectivity index (χ1n) is 6.22. The van der Waals surface area contributed by atoms with Gasteiger partial charge in [0.2, 0.25) is 0 Å². The van der Waals surface area contributed by atoms with E-state index in [4.69, 9.17) is 15.2 Å². The van der Waals surface area contributed by atoms with E-state index in [1.165, 1.54) is 19.3 Å². The van der Waals surface area contributed by atoms with Crippen molar-refractivity contribution < 1.29 is 9.47 Å². The highest BCUT2D eigenvalue weighted by Gasteiger charge is 2.23. The molecule has 2 N–H and O–H groups in total. The molecule has 1 aromatic rings. The molecule has 1 saturated carbocycles. The Morgan fingerprint density at radius 3 is 2.59 bits per heavy atom. The van der Waals surface area contributed by atoms with Crippen LogP contribution in [0.3, 0.4) is 0 Å². The van der Waals surface area contributed by atoms with Gasteiger partial charge in [-0.2, -0.15) is 0 Å². The van der Waals surface area contributed by atoms with Crippen molar-refractivity contribution in [3.63, 3.8) is 0 Å². The van der Waals surface area contributed by atoms with Crippen LogP contribution < -0.4 is 15.2 Å². The first-order valence-corrected chi connectivity index (χ1v) is 6.22. The van der Waals surface area contributed by atoms with Gasteiger partial charge >= 0.3 is 0 Å². The number of hydrogen-bond acceptors (Lipinski definition) is 3. The molecular weight excluding hydrogens is 214 g/mol. The molecule has 0 heterocycles. The average Bonchev–Trinajstić information content (AvgIpc) is 2.32. The molecular formula is C14H21NO2. The predicted octanol–water partition coefficient (Wildman–Crippen LogP) is 2.89. The van der Waals surface area contributed by atoms with Crippen LogP contribution in [0, 0.1) is 5.92 Å². The number of para-hydroxylation sites is 1. The summed E-state index contributed by atoms with van der Waals surface area (Å²) < 4.78 is 10.7. The zero-order valence-electron chi connectivity index (χ0n) is 10.6. The number of benzene rings is 1. The van der Waals surface area contributed by atoms with Gasteiger partial charge < -0.3 is 15.2 Å². The van der Waals surface area contributed by atoms with Crippen LogP contribution in [0.2, 0.25) is 0 Å². The minimum absolute atomic E-state index is 0.0466. The fraction of sp³-hybridized carbons (Fsp3) is 0.571. The van der Waals surface area contributed by atoms with Gasteiger partial charge in [0.25, 0.3) is 0 Å². The Morgan fingerprint density at radius 1 is 1.29 bits per heavy atom. The summed E-state index contributed by atoms with van der Waals surface area (Å²) in [6.45, 7) is 0. The number of rotatable bonds is 5. The topological polar surface area (TPSA) is 44.5 Å². The molecule has 1 aromatic carbocycles. The minimum Gasteiger partial charge on any atom is -0.493 e. The summed E-state index contributed by atoms with van der Waals surface area (Å²) in [7, 11) is 3.32. The maximum absolute atomic E-state index is 6.27. The van der Waals surface area contributed by atoms with E-state index in [0.717, 1.165) is 29.4 Å². The van der Waals surface area contributed by atoms with Gasteiger partial charge in [-0.25, -0.2) is 0 Å². The Hall–Kier alpha value is -1.22. The molecule has 1 atom stereocenters. The summed E-state index contributed by atoms with van der Waals surface area (Å²) in [6, 6.07) is 5.95. The highest BCUT2D eigenvalue weighted by molar-refractivity contribution is 5.48. The van der Waals surface area contributed by atoms with Crippen LogP contribution in [-0.2, 0) is 0 Å². The minimum atomic E-state index is 0.0466. The van der Waals surface area contributed by atoms with E-state index in [1.54, 1.807) is 14.2 Å². The third-order valence-corrected chi connectivity index (χ3v) is 3.64. The standard InChI is InChI=1S/C14H21NO2/c1-16-13-8-4-7-11(14(13)17-2)12(15)9-10-5-3-6-10/h4,7-8,10,12H,3,5-6,9,15H2,1-2H3. The van der Waals surface area contributed by atoms with E-state index in [-0.39, 0.29) is 6.04 Å². The number of hydrogen-bond donors (Lipinski definition) is 1. The van der Waals surface area contributed by atoms with Gasteiger partial charge in [0.15, 0.2) is 11.5 Å². The summed E-state index contributed by atoms with van der Waals surface area (Å²) in [5, 5.41) is 0. The van der Waals surface area contributed by atoms with Gasteiger partial charge in [0, 0.05) is 11.6 Å². The van der Waals surface area contributed by atoms with Crippen molar-refractivity contribution in [1.29, 1.82) is 0 Å². The van der Waals surface area contributed by atoms with E-state index < -0.39 is 0 Å². The molecule has 0 aliphatic heterocycles. The van der Waals surface area contributed by atoms with E-state index >= 15 is 0 Å². The van der Waals surface area contributed by atoms with Gasteiger partial charge in [-0.15, -0.1) is 0 Å². The van der Waals surface area contributed by atoms with Crippen molar-refractivity contribution in [2.24, 2.45) is 11.7 Å². The van der Waals surface area contributed by atoms with Gasteiger partial charge in [-0.1, -0.05) is 31.4 Å². The molecule has 94 valence electrons. The van der Waals surface area contributed by atoms with E-state index in [9.17, 15) is 0 Å². The third kappa shape index (κ3) is 2.55. The molecule has 3 nitrogen and oxygen atoms in total. The molecule has 1 aliphatic rings. The molecule has 0 saturated heterocycles. The van der Waals surface area contributed by atoms with Crippen LogP contribution in [-0.4, -0.2) is 14.2 Å². The SMILES string of the molecule is COc1cccc(C(N)CC2CCC2)c1OC. The Bertz CT molecular complexity index is 374. The second kappa shape index (κ2) is 5.41. The van der Waals surface area contributed by atoms with Gasteiger partial charge in [0.1, 0.15) is 0 Å². The first-order chi connectivity index (χ1) is 8.26. The monoisotopic (exact) mass is 235 g/mol. The quantitative estimate of drug-likeness (QED) is 0.853. The Labute approximate surface area is 103 Å². The van der Waals surface area contributed by atoms with Crippen LogP contribution in [0.5, 0.6) is 11.5 Å². The van der Waals surface area contributed by atoms with Gasteiger partial charge in [-0.3, -0.25) is 0 Å². The fourth-order valence-electron chi connectivity index (χ4n) is 2.42. The van der Waals surface area contributed by atoms with Crippen molar-refractivity contribution in [1.82, 2.24) is 0 Å². The zero-order chi connectivity index (χ0) is 12.3. The summed E-state index contributed by atoms with van der Waals surface area (Å²) in [6.07, 6.45) is 5.04. The van der Waals surface area contributed by atoms with Crippen LogP contribution in [0.25, 0.3) is 0 Å². The molecule has 0 bridgehead atoms. The maximum Gasteiger partial charge on any atom is 0.165 e. The lowest BCUT2D eigenvalue weighted by atomic mass is 9.80. The highest BCUT2D eigenvalue weighted by atomic mass is 16.5. The molecule has 1 fully saturated rings. The Balaban J connectivity index is 2.17. The van der Waals surface area contributed by atoms with E-state index in [0.29, 0.717) is 0 Å². The summed E-state index contributed by atoms with van der Waals surface area (Å²) in [4.78, 5) is 0. The third-order valence-electron chi connectivity index (χ3n) is 3.64. The summed E-state index contributed by atoms with van der Waals surface area (Å²) in [5.41, 5.74) is 7.32. The largest absolute Gasteiger partial charge is 0.493 e. The molecule has 0 radical (unpaired) electrons. The Kier molecular flexibility index (Phi) is 3.89. The number of nitrogens with two attached hydrogens (primary N) is 1. The molecule has 17 heavy (non-hydrogen) atoms. The Morgan fingerprint density at radius 2 is 2.06 bits per heavy atom. The van der Waals surface area contributed by atoms with Crippen LogP contribution in [0.15, 0.2) is 18.2 Å². The normalized spacial score (nSPS) is 17.4. The lowest BCUT2D eigenvalue weighted by molar-refractivity contribution is 0.273. The van der Waals surface area contributed by atoms with Crippen molar-refractivity contribution >= 4 is 0 Å². The second-order valence-corrected chi connectivity index (χ2v) is 4.72. The first kappa shape index (κ1) is 12.2. The smallest absolute Gasteiger partial charge is 0.165 e. The molecule has 2 rings (SSSR count). The van der Waals surface area contributed by atoms with E-state index in [1.807, 2.05) is 18.2 Å². The predicted molar refractivity (Wildman–Crippen MR) is 68.4 cm³/mol. The summed E-state index contributed by atoms with van der Waals surface area (Å²) >= 11 is 0. The van der Waals surface area contributed by atoms with Crippen LogP contribution in [0.4, 0.5) is 0 Å². The zero-order valence-corrected chi connectivity index (χ0v) is 10.6. The fourth-order valence-corrected chi connectivity index (χ4v) is 2.42. The molecule has 1 unspecified atom stereocenters. The number of ether oxygens (including phenoxy) is 2. The lowest BCUT2D eigenvalue weighted by Gasteiger charge is -2.28.